The number of benzene rings is 1. The van der Waals surface area contributed by atoms with Crippen molar-refractivity contribution in [2.75, 3.05) is 10.6 Å². The number of nitriles is 1. The minimum Gasteiger partial charge on any atom is -0.361 e. The van der Waals surface area contributed by atoms with Crippen LogP contribution in [0.2, 0.25) is 0 Å². The van der Waals surface area contributed by atoms with Gasteiger partial charge in [0, 0.05) is 5.56 Å². The van der Waals surface area contributed by atoms with Crippen molar-refractivity contribution >= 4 is 15.7 Å². The monoisotopic (exact) mass is 305 g/mol. The summed E-state index contributed by atoms with van der Waals surface area (Å²) in [6.45, 7) is 3.62. The Morgan fingerprint density at radius 1 is 1.38 bits per heavy atom. The van der Waals surface area contributed by atoms with Crippen molar-refractivity contribution in [1.29, 1.82) is 5.26 Å². The van der Waals surface area contributed by atoms with Gasteiger partial charge in [-0.1, -0.05) is 11.2 Å². The van der Waals surface area contributed by atoms with Gasteiger partial charge in [-0.2, -0.15) is 5.26 Å². The van der Waals surface area contributed by atoms with Crippen LogP contribution in [0, 0.1) is 25.2 Å². The van der Waals surface area contributed by atoms with E-state index in [-0.39, 0.29) is 6.54 Å². The Morgan fingerprint density at radius 3 is 2.62 bits per heavy atom. The molecule has 6 nitrogen and oxygen atoms in total. The standard InChI is InChI=1S/C14H15N3O3S/c1-10-14(11(2)20-16-10)9-17(21(3,18)19)13-6-4-5-12(7-13)8-15/h4-7H,9H2,1-3H3. The smallest absolute Gasteiger partial charge is 0.232 e. The molecule has 0 fully saturated rings. The molecule has 0 N–H and O–H groups in total. The molecule has 1 aromatic heterocycles. The average molecular weight is 305 g/mol. The molecule has 0 unspecified atom stereocenters. The van der Waals surface area contributed by atoms with E-state index >= 15 is 0 Å². The van der Waals surface area contributed by atoms with Crippen LogP contribution in [0.5, 0.6) is 0 Å². The zero-order valence-electron chi connectivity index (χ0n) is 12.0. The Labute approximate surface area is 123 Å². The minimum atomic E-state index is -3.50. The van der Waals surface area contributed by atoms with Gasteiger partial charge in [-0.05, 0) is 32.0 Å². The van der Waals surface area contributed by atoms with E-state index in [4.69, 9.17) is 9.78 Å². The van der Waals surface area contributed by atoms with Crippen molar-refractivity contribution in [3.8, 4) is 6.07 Å². The molecule has 2 aromatic rings. The fourth-order valence-corrected chi connectivity index (χ4v) is 2.86. The van der Waals surface area contributed by atoms with Crippen LogP contribution in [0.4, 0.5) is 5.69 Å². The lowest BCUT2D eigenvalue weighted by atomic mass is 10.2. The highest BCUT2D eigenvalue weighted by Crippen LogP contribution is 2.24. The quantitative estimate of drug-likeness (QED) is 0.863. The fourth-order valence-electron chi connectivity index (χ4n) is 2.00. The molecule has 21 heavy (non-hydrogen) atoms. The average Bonchev–Trinajstić information content (AvgIpc) is 2.74. The molecule has 0 radical (unpaired) electrons. The van der Waals surface area contributed by atoms with Gasteiger partial charge in [0.1, 0.15) is 5.76 Å². The van der Waals surface area contributed by atoms with E-state index in [2.05, 4.69) is 5.16 Å². The summed E-state index contributed by atoms with van der Waals surface area (Å²) in [7, 11) is -3.50. The molecule has 1 heterocycles. The Hall–Kier alpha value is -2.33. The Morgan fingerprint density at radius 2 is 2.10 bits per heavy atom. The molecule has 0 aliphatic rings. The van der Waals surface area contributed by atoms with E-state index in [9.17, 15) is 8.42 Å². The summed E-state index contributed by atoms with van der Waals surface area (Å²) in [4.78, 5) is 0. The number of anilines is 1. The van der Waals surface area contributed by atoms with E-state index in [0.717, 1.165) is 11.8 Å². The second-order valence-corrected chi connectivity index (χ2v) is 6.64. The molecule has 0 saturated carbocycles. The number of hydrogen-bond acceptors (Lipinski definition) is 5. The van der Waals surface area contributed by atoms with E-state index < -0.39 is 10.0 Å². The van der Waals surface area contributed by atoms with E-state index in [0.29, 0.717) is 22.7 Å². The third-order valence-electron chi connectivity index (χ3n) is 3.15. The summed E-state index contributed by atoms with van der Waals surface area (Å²) < 4.78 is 30.4. The highest BCUT2D eigenvalue weighted by atomic mass is 32.2. The largest absolute Gasteiger partial charge is 0.361 e. The maximum Gasteiger partial charge on any atom is 0.232 e. The van der Waals surface area contributed by atoms with Crippen LogP contribution >= 0.6 is 0 Å². The lowest BCUT2D eigenvalue weighted by Gasteiger charge is -2.22. The molecule has 7 heteroatoms. The number of aryl methyl sites for hydroxylation is 2. The van der Waals surface area contributed by atoms with Crippen LogP contribution in [-0.2, 0) is 16.6 Å². The molecule has 0 aliphatic carbocycles. The first-order chi connectivity index (χ1) is 9.82. The summed E-state index contributed by atoms with van der Waals surface area (Å²) in [5.41, 5.74) is 2.22. The van der Waals surface area contributed by atoms with Crippen molar-refractivity contribution in [2.24, 2.45) is 0 Å². The Balaban J connectivity index is 2.48. The second kappa shape index (κ2) is 5.58. The van der Waals surface area contributed by atoms with Gasteiger partial charge in [0.2, 0.25) is 10.0 Å². The van der Waals surface area contributed by atoms with Gasteiger partial charge in [0.15, 0.2) is 0 Å². The first-order valence-corrected chi connectivity index (χ1v) is 8.07. The lowest BCUT2D eigenvalue weighted by molar-refractivity contribution is 0.392. The summed E-state index contributed by atoms with van der Waals surface area (Å²) in [6.07, 6.45) is 1.13. The number of nitrogens with zero attached hydrogens (tertiary/aromatic N) is 3. The molecule has 2 rings (SSSR count). The number of aromatic nitrogens is 1. The van der Waals surface area contributed by atoms with Crippen LogP contribution in [0.25, 0.3) is 0 Å². The van der Waals surface area contributed by atoms with Gasteiger partial charge >= 0.3 is 0 Å². The first kappa shape index (κ1) is 15.1. The zero-order valence-corrected chi connectivity index (χ0v) is 12.8. The van der Waals surface area contributed by atoms with Gasteiger partial charge in [-0.15, -0.1) is 0 Å². The lowest BCUT2D eigenvalue weighted by Crippen LogP contribution is -2.29. The molecular weight excluding hydrogens is 290 g/mol. The molecule has 0 bridgehead atoms. The number of sulfonamides is 1. The van der Waals surface area contributed by atoms with Gasteiger partial charge in [-0.25, -0.2) is 8.42 Å². The molecule has 0 amide bonds. The molecule has 0 spiro atoms. The molecular formula is C14H15N3O3S. The van der Waals surface area contributed by atoms with Gasteiger partial charge in [-0.3, -0.25) is 4.31 Å². The van der Waals surface area contributed by atoms with Crippen LogP contribution in [0.1, 0.15) is 22.6 Å². The molecule has 1 aromatic carbocycles. The SMILES string of the molecule is Cc1noc(C)c1CN(c1cccc(C#N)c1)S(C)(=O)=O. The van der Waals surface area contributed by atoms with Gasteiger partial charge < -0.3 is 4.52 Å². The predicted octanol–water partition coefficient (Wildman–Crippen LogP) is 2.13. The summed E-state index contributed by atoms with van der Waals surface area (Å²) in [6, 6.07) is 8.47. The predicted molar refractivity (Wildman–Crippen MR) is 78.2 cm³/mol. The number of hydrogen-bond donors (Lipinski definition) is 0. The van der Waals surface area contributed by atoms with Crippen molar-refractivity contribution in [1.82, 2.24) is 5.16 Å². The van der Waals surface area contributed by atoms with Crippen molar-refractivity contribution in [3.63, 3.8) is 0 Å². The van der Waals surface area contributed by atoms with Crippen LogP contribution in [-0.4, -0.2) is 19.8 Å². The molecule has 110 valence electrons. The summed E-state index contributed by atoms with van der Waals surface area (Å²) in [5, 5.41) is 12.8. The van der Waals surface area contributed by atoms with Crippen molar-refractivity contribution in [3.05, 3.63) is 46.8 Å². The highest BCUT2D eigenvalue weighted by molar-refractivity contribution is 7.92. The van der Waals surface area contributed by atoms with E-state index in [1.54, 1.807) is 38.1 Å². The van der Waals surface area contributed by atoms with Crippen LogP contribution < -0.4 is 4.31 Å². The third kappa shape index (κ3) is 3.23. The van der Waals surface area contributed by atoms with Crippen LogP contribution in [0.3, 0.4) is 0 Å². The fraction of sp³-hybridized carbons (Fsp3) is 0.286. The Bertz CT molecular complexity index is 784. The van der Waals surface area contributed by atoms with Gasteiger partial charge in [0.05, 0.1) is 35.8 Å². The topological polar surface area (TPSA) is 87.2 Å². The third-order valence-corrected chi connectivity index (χ3v) is 4.29. The Kier molecular flexibility index (Phi) is 4.00. The van der Waals surface area contributed by atoms with Crippen molar-refractivity contribution in [2.45, 2.75) is 20.4 Å². The second-order valence-electron chi connectivity index (χ2n) is 4.73. The number of rotatable bonds is 4. The van der Waals surface area contributed by atoms with Gasteiger partial charge in [0.25, 0.3) is 0 Å². The highest BCUT2D eigenvalue weighted by Gasteiger charge is 2.22. The van der Waals surface area contributed by atoms with E-state index in [1.807, 2.05) is 6.07 Å². The molecule has 0 saturated heterocycles. The first-order valence-electron chi connectivity index (χ1n) is 6.22. The maximum atomic E-state index is 12.1. The minimum absolute atomic E-state index is 0.120. The maximum absolute atomic E-state index is 12.1. The zero-order chi connectivity index (χ0) is 15.6. The molecule has 0 aliphatic heterocycles. The normalized spacial score (nSPS) is 11.1. The molecule has 0 atom stereocenters. The summed E-state index contributed by atoms with van der Waals surface area (Å²) in [5.74, 6) is 0.581. The van der Waals surface area contributed by atoms with Crippen molar-refractivity contribution < 1.29 is 12.9 Å². The van der Waals surface area contributed by atoms with Crippen LogP contribution in [0.15, 0.2) is 28.8 Å². The van der Waals surface area contributed by atoms with E-state index in [1.165, 1.54) is 4.31 Å². The summed E-state index contributed by atoms with van der Waals surface area (Å²) >= 11 is 0.